The fourth-order valence-electron chi connectivity index (χ4n) is 11.6. The van der Waals surface area contributed by atoms with Gasteiger partial charge in [-0.05, 0) is 104 Å². The molecule has 2 amide bonds. The third-order valence-electron chi connectivity index (χ3n) is 15.7. The fourth-order valence-corrected chi connectivity index (χ4v) is 14.7. The van der Waals surface area contributed by atoms with Crippen LogP contribution in [0, 0.1) is 0 Å². The molecule has 3 heterocycles. The summed E-state index contributed by atoms with van der Waals surface area (Å²) >= 11 is 0. The Morgan fingerprint density at radius 3 is 1.75 bits per heavy atom. The molecule has 484 valence electrons. The van der Waals surface area contributed by atoms with Crippen molar-refractivity contribution in [3.63, 3.8) is 0 Å². The van der Waals surface area contributed by atoms with Crippen LogP contribution in [0.3, 0.4) is 0 Å². The van der Waals surface area contributed by atoms with Gasteiger partial charge in [0.1, 0.15) is 27.4 Å². The molecule has 5 N–H and O–H groups in total. The molecular weight excluding hydrogens is 1280 g/mol. The van der Waals surface area contributed by atoms with Crippen molar-refractivity contribution >= 4 is 113 Å². The van der Waals surface area contributed by atoms with Gasteiger partial charge in [0.2, 0.25) is 11.5 Å². The predicted molar refractivity (Wildman–Crippen MR) is 311 cm³/mol. The van der Waals surface area contributed by atoms with Crippen molar-refractivity contribution < 1.29 is 122 Å². The smallest absolute Gasteiger partial charge is 0.333 e. The minimum absolute atomic E-state index is 0.00841. The van der Waals surface area contributed by atoms with E-state index in [9.17, 15) is 84.3 Å². The number of aliphatic hydroxyl groups is 1. The van der Waals surface area contributed by atoms with E-state index in [-0.39, 0.29) is 158 Å². The number of methoxy groups -OCH3 is 2. The minimum atomic E-state index is -5.51. The molecule has 3 aliphatic heterocycles. The highest BCUT2D eigenvalue weighted by molar-refractivity contribution is 7.87. The third kappa shape index (κ3) is 14.5. The number of aliphatic hydroxyl groups excluding tert-OH is 1. The normalized spacial score (nSPS) is 20.1. The molecule has 0 bridgehead atoms. The first-order chi connectivity index (χ1) is 41.6. The van der Waals surface area contributed by atoms with E-state index in [2.05, 4.69) is 0 Å². The SMILES string of the molecule is COCCOCCOCCOCCC1(C)/C(=C\C2=C(O)C(=C/C3=[N+](CCOC)c4ccc5c(S(=O)(=O)O)cc(S(=O)(=O)O)cc5c4C3(C)CCCS(=O)(=O)O)/C2=O)N(CCCC(=O)ON2C(=O)CCC2=O)c2ccc3c(S(=O)(=O)[O-])cc(S(=O)(=O)O)cc3c21. The van der Waals surface area contributed by atoms with E-state index in [1.165, 1.54) is 57.6 Å². The van der Waals surface area contributed by atoms with Crippen LogP contribution in [0.4, 0.5) is 11.4 Å². The Labute approximate surface area is 511 Å². The zero-order valence-corrected chi connectivity index (χ0v) is 52.3. The molecule has 0 spiro atoms. The van der Waals surface area contributed by atoms with Gasteiger partial charge in [-0.3, -0.25) is 32.6 Å². The fraction of sp³-hybridized carbons (Fsp3) is 0.436. The van der Waals surface area contributed by atoms with Gasteiger partial charge >= 0.3 is 5.97 Å². The monoisotopic (exact) mass is 1340 g/mol. The lowest BCUT2D eigenvalue weighted by Crippen LogP contribution is -2.35. The average molecular weight is 1340 g/mol. The standard InChI is InChI=1S/C55H63N3O26S5/c1-54(14-6-26-85(64,65)66)45(57(17-19-79-3)42-11-9-35-37(50(42)54)27-33(86(67,68)69)29-43(35)88(73,74)75)31-39-52(62)40(53(39)63)32-46-55(2,15-18-81-22-23-83-25-24-82-21-20-80-4)51-38-28-34(87(70,71)72)30-44(89(76,77)78)36(38)8-10-41(51)56(46)16-5-7-49(61)84-58-47(59)12-13-48(58)60/h8-11,27-32H,5-7,12-26H2,1-4H3,(H5-,62,63,64,65,66,67,68,69,70,71,72,73,74,75,76,77,78). The van der Waals surface area contributed by atoms with E-state index in [0.29, 0.717) is 30.4 Å². The Morgan fingerprint density at radius 1 is 0.652 bits per heavy atom. The van der Waals surface area contributed by atoms with Gasteiger partial charge in [-0.2, -0.15) is 38.2 Å². The van der Waals surface area contributed by atoms with Crippen molar-refractivity contribution in [2.45, 2.75) is 89.2 Å². The summed E-state index contributed by atoms with van der Waals surface area (Å²) in [5, 5.41) is 11.8. The van der Waals surface area contributed by atoms with Crippen LogP contribution in [-0.4, -0.2) is 195 Å². The molecule has 0 radical (unpaired) electrons. The number of imide groups is 1. The number of hydrogen-bond donors (Lipinski definition) is 5. The molecule has 0 aromatic heterocycles. The number of allylic oxidation sites excluding steroid dienone is 5. The van der Waals surface area contributed by atoms with Crippen LogP contribution in [0.25, 0.3) is 21.5 Å². The number of anilines is 1. The average Bonchev–Trinajstić information content (AvgIpc) is 1.59. The number of carbonyl (C=O) groups excluding carboxylic acids is 4. The van der Waals surface area contributed by atoms with Crippen molar-refractivity contribution in [3.05, 3.63) is 94.4 Å². The van der Waals surface area contributed by atoms with Crippen LogP contribution in [0.15, 0.2) is 103 Å². The molecule has 89 heavy (non-hydrogen) atoms. The number of ether oxygens (including phenoxy) is 5. The molecule has 1 aliphatic carbocycles. The number of fused-ring (bicyclic) bond motifs is 6. The number of hydroxylamine groups is 2. The minimum Gasteiger partial charge on any atom is -0.744 e. The topological polar surface area (TPSA) is 428 Å². The second-order valence-corrected chi connectivity index (χ2v) is 28.6. The summed E-state index contributed by atoms with van der Waals surface area (Å²) in [6.07, 6.45) is 0.796. The van der Waals surface area contributed by atoms with Crippen LogP contribution >= 0.6 is 0 Å². The maximum Gasteiger partial charge on any atom is 0.333 e. The summed E-state index contributed by atoms with van der Waals surface area (Å²) in [6, 6.07) is 8.16. The first-order valence-corrected chi connectivity index (χ1v) is 34.6. The van der Waals surface area contributed by atoms with E-state index < -0.39 is 123 Å². The van der Waals surface area contributed by atoms with E-state index in [0.717, 1.165) is 12.1 Å². The van der Waals surface area contributed by atoms with E-state index >= 15 is 4.79 Å². The van der Waals surface area contributed by atoms with Gasteiger partial charge in [0.05, 0.1) is 76.6 Å². The number of ketones is 1. The summed E-state index contributed by atoms with van der Waals surface area (Å²) in [4.78, 5) is 55.7. The summed E-state index contributed by atoms with van der Waals surface area (Å²) in [5.41, 5.74) is -3.21. The first-order valence-electron chi connectivity index (χ1n) is 27.2. The van der Waals surface area contributed by atoms with Crippen molar-refractivity contribution in [2.24, 2.45) is 0 Å². The number of carbonyl (C=O) groups is 4. The molecule has 1 saturated heterocycles. The van der Waals surface area contributed by atoms with Crippen LogP contribution in [0.1, 0.15) is 69.9 Å². The molecule has 4 aliphatic rings. The van der Waals surface area contributed by atoms with E-state index in [1.807, 2.05) is 0 Å². The third-order valence-corrected chi connectivity index (χ3v) is 19.9. The summed E-state index contributed by atoms with van der Waals surface area (Å²) < 4.78 is 210. The van der Waals surface area contributed by atoms with Gasteiger partial charge in [-0.15, -0.1) is 5.06 Å². The van der Waals surface area contributed by atoms with E-state index in [1.54, 1.807) is 16.4 Å². The maximum absolute atomic E-state index is 15.0. The largest absolute Gasteiger partial charge is 0.744 e. The van der Waals surface area contributed by atoms with Gasteiger partial charge < -0.3 is 43.1 Å². The number of Topliss-reactive ketones (excluding diaryl/α,β-unsaturated/α-hetero) is 1. The predicted octanol–water partition coefficient (Wildman–Crippen LogP) is 3.76. The quantitative estimate of drug-likeness (QED) is 0.0163. The van der Waals surface area contributed by atoms with Crippen molar-refractivity contribution in [2.75, 3.05) is 90.8 Å². The molecular formula is C55H63N3O26S5. The van der Waals surface area contributed by atoms with Gasteiger partial charge in [0, 0.05) is 86.5 Å². The lowest BCUT2D eigenvalue weighted by molar-refractivity contribution is -0.441. The Balaban J connectivity index is 1.31. The highest BCUT2D eigenvalue weighted by atomic mass is 32.2. The number of rotatable bonds is 30. The van der Waals surface area contributed by atoms with E-state index in [4.69, 9.17) is 28.5 Å². The number of amides is 2. The van der Waals surface area contributed by atoms with Gasteiger partial charge in [0.25, 0.3) is 52.3 Å². The Hall–Kier alpha value is -6.48. The van der Waals surface area contributed by atoms with Gasteiger partial charge in [-0.25, -0.2) is 13.2 Å². The van der Waals surface area contributed by atoms with Crippen molar-refractivity contribution in [3.8, 4) is 0 Å². The molecule has 8 rings (SSSR count). The molecule has 4 aromatic rings. The van der Waals surface area contributed by atoms with Crippen LogP contribution < -0.4 is 4.90 Å². The molecule has 0 saturated carbocycles. The molecule has 1 fully saturated rings. The second-order valence-electron chi connectivity index (χ2n) is 21.5. The number of nitrogens with zero attached hydrogens (tertiary/aromatic N) is 3. The molecule has 2 unspecified atom stereocenters. The Kier molecular flexibility index (Phi) is 20.3. The highest BCUT2D eigenvalue weighted by Gasteiger charge is 2.52. The molecule has 2 atom stereocenters. The summed E-state index contributed by atoms with van der Waals surface area (Å²) in [6.45, 7) is 3.76. The number of hydrogen-bond acceptors (Lipinski definition) is 23. The van der Waals surface area contributed by atoms with Crippen molar-refractivity contribution in [1.29, 1.82) is 0 Å². The summed E-state index contributed by atoms with van der Waals surface area (Å²) in [7, 11) is -23.0. The maximum atomic E-state index is 15.0. The molecule has 4 aromatic carbocycles. The van der Waals surface area contributed by atoms with Crippen LogP contribution in [0.5, 0.6) is 0 Å². The highest BCUT2D eigenvalue weighted by Crippen LogP contribution is 2.55. The second kappa shape index (κ2) is 26.4. The number of benzene rings is 4. The summed E-state index contributed by atoms with van der Waals surface area (Å²) in [5.74, 6) is -4.88. The zero-order valence-electron chi connectivity index (χ0n) is 48.2. The Bertz CT molecular complexity index is 4300. The first kappa shape index (κ1) is 68.4. The van der Waals surface area contributed by atoms with Gasteiger partial charge in [0.15, 0.2) is 12.3 Å². The lowest BCUT2D eigenvalue weighted by Gasteiger charge is -2.32. The van der Waals surface area contributed by atoms with Crippen LogP contribution in [0.2, 0.25) is 0 Å². The van der Waals surface area contributed by atoms with Gasteiger partial charge in [-0.1, -0.05) is 6.07 Å². The lowest BCUT2D eigenvalue weighted by atomic mass is 9.72. The zero-order chi connectivity index (χ0) is 65.4. The van der Waals surface area contributed by atoms with Crippen molar-refractivity contribution in [1.82, 2.24) is 5.06 Å². The molecule has 29 nitrogen and oxygen atoms in total. The Morgan fingerprint density at radius 2 is 1.20 bits per heavy atom. The van der Waals surface area contributed by atoms with Crippen LogP contribution in [-0.2, 0) is 109 Å². The molecule has 34 heteroatoms.